The van der Waals surface area contributed by atoms with Crippen LogP contribution >= 0.6 is 11.8 Å². The van der Waals surface area contributed by atoms with Gasteiger partial charge >= 0.3 is 17.9 Å². The average molecular weight is 646 g/mol. The lowest BCUT2D eigenvalue weighted by atomic mass is 9.97. The molecule has 0 aromatic carbocycles. The van der Waals surface area contributed by atoms with Crippen molar-refractivity contribution < 1.29 is 48.9 Å². The Labute approximate surface area is 263 Å². The maximum atomic E-state index is 12.6. The predicted molar refractivity (Wildman–Crippen MR) is 166 cm³/mol. The molecule has 0 rings (SSSR count). The van der Waals surface area contributed by atoms with Gasteiger partial charge in [0, 0.05) is 43.1 Å². The zero-order valence-corrected chi connectivity index (χ0v) is 26.8. The van der Waals surface area contributed by atoms with Crippen LogP contribution in [0.5, 0.6) is 0 Å². The number of unbranched alkanes of at least 4 members (excludes halogenated alkanes) is 8. The Kier molecular flexibility index (Phi) is 22.7. The first-order valence-electron chi connectivity index (χ1n) is 15.4. The number of hydrogen-bond acceptors (Lipinski definition) is 9. The molecule has 0 saturated carbocycles. The SMILES string of the molecule is CCCCCCCCCCCC(=O)C[C@@H](C)C(=O)N[C@H](CCC(=O)C[C@H](CSC[C@H](N)C(=O)O)C(=O)NCC(=O)O)C(=O)O. The number of nitrogens with one attached hydrogen (secondary N) is 2. The average Bonchev–Trinajstić information content (AvgIpc) is 2.95. The number of hydrogen-bond donors (Lipinski definition) is 6. The lowest BCUT2D eigenvalue weighted by Crippen LogP contribution is -2.43. The molecule has 252 valence electrons. The summed E-state index contributed by atoms with van der Waals surface area (Å²) < 4.78 is 0. The summed E-state index contributed by atoms with van der Waals surface area (Å²) in [4.78, 5) is 83.5. The van der Waals surface area contributed by atoms with Crippen molar-refractivity contribution in [3.05, 3.63) is 0 Å². The Morgan fingerprint density at radius 1 is 0.727 bits per heavy atom. The van der Waals surface area contributed by atoms with Crippen LogP contribution in [0.2, 0.25) is 0 Å². The van der Waals surface area contributed by atoms with Crippen molar-refractivity contribution in [3.8, 4) is 0 Å². The largest absolute Gasteiger partial charge is 0.480 e. The highest BCUT2D eigenvalue weighted by Crippen LogP contribution is 2.17. The molecule has 0 aliphatic carbocycles. The monoisotopic (exact) mass is 645 g/mol. The van der Waals surface area contributed by atoms with Gasteiger partial charge in [0.05, 0.1) is 5.92 Å². The Morgan fingerprint density at radius 3 is 1.84 bits per heavy atom. The highest BCUT2D eigenvalue weighted by Gasteiger charge is 2.27. The van der Waals surface area contributed by atoms with Crippen molar-refractivity contribution in [1.29, 1.82) is 0 Å². The number of ketones is 2. The van der Waals surface area contributed by atoms with Gasteiger partial charge in [-0.05, 0) is 12.8 Å². The van der Waals surface area contributed by atoms with E-state index in [1.165, 1.54) is 32.1 Å². The zero-order valence-electron chi connectivity index (χ0n) is 26.0. The summed E-state index contributed by atoms with van der Waals surface area (Å²) in [5, 5.41) is 31.9. The Hall–Kier alpha value is -3.00. The second-order valence-electron chi connectivity index (χ2n) is 11.2. The number of carboxylic acid groups (broad SMARTS) is 3. The third-order valence-corrected chi connectivity index (χ3v) is 8.29. The quantitative estimate of drug-likeness (QED) is 0.0675. The smallest absolute Gasteiger partial charge is 0.326 e. The molecule has 0 heterocycles. The summed E-state index contributed by atoms with van der Waals surface area (Å²) in [5.41, 5.74) is 5.45. The Morgan fingerprint density at radius 2 is 1.30 bits per heavy atom. The number of nitrogens with two attached hydrogens (primary N) is 1. The summed E-state index contributed by atoms with van der Waals surface area (Å²) in [6.45, 7) is 3.05. The van der Waals surface area contributed by atoms with Crippen LogP contribution in [0.25, 0.3) is 0 Å². The normalized spacial score (nSPS) is 13.7. The van der Waals surface area contributed by atoms with E-state index < -0.39 is 66.0 Å². The molecule has 0 spiro atoms. The van der Waals surface area contributed by atoms with E-state index in [0.717, 1.165) is 37.4 Å². The molecule has 13 nitrogen and oxygen atoms in total. The third kappa shape index (κ3) is 20.8. The minimum absolute atomic E-state index is 0.00947. The highest BCUT2D eigenvalue weighted by molar-refractivity contribution is 7.99. The van der Waals surface area contributed by atoms with Gasteiger partial charge in [-0.25, -0.2) is 4.79 Å². The molecule has 2 amide bonds. The van der Waals surface area contributed by atoms with Gasteiger partial charge in [0.2, 0.25) is 11.8 Å². The fourth-order valence-electron chi connectivity index (χ4n) is 4.37. The first-order chi connectivity index (χ1) is 20.8. The van der Waals surface area contributed by atoms with Gasteiger partial charge in [-0.3, -0.25) is 28.8 Å². The predicted octanol–water partition coefficient (Wildman–Crippen LogP) is 2.77. The van der Waals surface area contributed by atoms with Gasteiger partial charge in [-0.2, -0.15) is 11.8 Å². The molecule has 0 aliphatic heterocycles. The summed E-state index contributed by atoms with van der Waals surface area (Å²) in [7, 11) is 0. The van der Waals surface area contributed by atoms with E-state index in [-0.39, 0.29) is 43.0 Å². The maximum absolute atomic E-state index is 12.6. The molecule has 7 N–H and O–H groups in total. The molecule has 4 atom stereocenters. The van der Waals surface area contributed by atoms with Crippen molar-refractivity contribution in [3.63, 3.8) is 0 Å². The minimum Gasteiger partial charge on any atom is -0.480 e. The number of thioether (sulfide) groups is 1. The van der Waals surface area contributed by atoms with Crippen LogP contribution in [-0.2, 0) is 33.6 Å². The van der Waals surface area contributed by atoms with Gasteiger partial charge in [0.25, 0.3) is 0 Å². The van der Waals surface area contributed by atoms with Crippen LogP contribution in [0.3, 0.4) is 0 Å². The van der Waals surface area contributed by atoms with Crippen molar-refractivity contribution >= 4 is 53.1 Å². The number of amides is 2. The van der Waals surface area contributed by atoms with Gasteiger partial charge in [-0.1, -0.05) is 65.2 Å². The van der Waals surface area contributed by atoms with Crippen LogP contribution in [0.4, 0.5) is 0 Å². The van der Waals surface area contributed by atoms with E-state index in [9.17, 15) is 38.7 Å². The maximum Gasteiger partial charge on any atom is 0.326 e. The summed E-state index contributed by atoms with van der Waals surface area (Å²) in [6, 6.07) is -2.57. The molecule has 44 heavy (non-hydrogen) atoms. The summed E-state index contributed by atoms with van der Waals surface area (Å²) in [6.07, 6.45) is 9.57. The Balaban J connectivity index is 4.73. The van der Waals surface area contributed by atoms with Crippen LogP contribution in [0, 0.1) is 11.8 Å². The van der Waals surface area contributed by atoms with Crippen LogP contribution in [0.1, 0.15) is 104 Å². The molecule has 0 radical (unpaired) electrons. The molecule has 0 bridgehead atoms. The number of carbonyl (C=O) groups excluding carboxylic acids is 4. The van der Waals surface area contributed by atoms with E-state index in [2.05, 4.69) is 17.6 Å². The van der Waals surface area contributed by atoms with E-state index >= 15 is 0 Å². The molecule has 0 aliphatic rings. The third-order valence-electron chi connectivity index (χ3n) is 7.06. The summed E-state index contributed by atoms with van der Waals surface area (Å²) >= 11 is 1.01. The Bertz CT molecular complexity index is 946. The second kappa shape index (κ2) is 24.3. The van der Waals surface area contributed by atoms with E-state index in [4.69, 9.17) is 15.9 Å². The topological polar surface area (TPSA) is 230 Å². The highest BCUT2D eigenvalue weighted by atomic mass is 32.2. The van der Waals surface area contributed by atoms with E-state index in [1.54, 1.807) is 6.92 Å². The fourth-order valence-corrected chi connectivity index (χ4v) is 5.45. The van der Waals surface area contributed by atoms with Gasteiger partial charge in [0.15, 0.2) is 0 Å². The van der Waals surface area contributed by atoms with Crippen LogP contribution in [-0.4, -0.2) is 86.7 Å². The fraction of sp³-hybridized carbons (Fsp3) is 0.767. The van der Waals surface area contributed by atoms with Crippen molar-refractivity contribution in [1.82, 2.24) is 10.6 Å². The standard InChI is InChI=1S/C30H51N3O10S/c1-3-4-5-6-7-8-9-10-11-12-22(34)15-20(2)27(38)33-25(30(42)43)14-13-23(35)16-21(28(39)32-17-26(36)37)18-44-19-24(31)29(40)41/h20-21,24-25H,3-19,31H2,1-2H3,(H,32,39)(H,33,38)(H,36,37)(H,40,41)(H,42,43)/t20-,21-,24+,25-/m1/s1. The number of carboxylic acids is 3. The lowest BCUT2D eigenvalue weighted by Gasteiger charge is -2.19. The van der Waals surface area contributed by atoms with Gasteiger partial charge in [0.1, 0.15) is 30.2 Å². The van der Waals surface area contributed by atoms with Gasteiger partial charge < -0.3 is 31.7 Å². The lowest BCUT2D eigenvalue weighted by molar-refractivity contribution is -0.143. The van der Waals surface area contributed by atoms with Crippen LogP contribution < -0.4 is 16.4 Å². The molecule has 0 unspecified atom stereocenters. The first-order valence-corrected chi connectivity index (χ1v) is 16.6. The molecule has 14 heteroatoms. The molecule has 0 aromatic heterocycles. The molecular weight excluding hydrogens is 594 g/mol. The first kappa shape index (κ1) is 41.0. The molecule has 0 fully saturated rings. The second-order valence-corrected chi connectivity index (χ2v) is 12.3. The van der Waals surface area contributed by atoms with Crippen LogP contribution in [0.15, 0.2) is 0 Å². The molecule has 0 aromatic rings. The minimum atomic E-state index is -1.39. The van der Waals surface area contributed by atoms with E-state index in [1.807, 2.05) is 0 Å². The number of Topliss-reactive ketones (excluding diaryl/α,β-unsaturated/α-hetero) is 2. The molecular formula is C30H51N3O10S. The summed E-state index contributed by atoms with van der Waals surface area (Å²) in [5.74, 6) is -7.56. The van der Waals surface area contributed by atoms with Crippen molar-refractivity contribution in [2.24, 2.45) is 17.6 Å². The van der Waals surface area contributed by atoms with Gasteiger partial charge in [-0.15, -0.1) is 0 Å². The zero-order chi connectivity index (χ0) is 33.5. The van der Waals surface area contributed by atoms with Crippen molar-refractivity contribution in [2.75, 3.05) is 18.1 Å². The number of aliphatic carboxylic acids is 3. The number of rotatable bonds is 28. The van der Waals surface area contributed by atoms with E-state index in [0.29, 0.717) is 6.42 Å². The number of carbonyl (C=O) groups is 7. The molecule has 0 saturated heterocycles. The van der Waals surface area contributed by atoms with Crippen molar-refractivity contribution in [2.45, 2.75) is 116 Å².